The lowest BCUT2D eigenvalue weighted by Crippen LogP contribution is -2.27. The molecule has 0 amide bonds. The van der Waals surface area contributed by atoms with E-state index in [4.69, 9.17) is 0 Å². The van der Waals surface area contributed by atoms with Crippen molar-refractivity contribution in [3.05, 3.63) is 0 Å². The molecule has 0 heterocycles. The van der Waals surface area contributed by atoms with E-state index < -0.39 is 22.2 Å². The first-order valence-corrected chi connectivity index (χ1v) is 11.7. The molecule has 0 spiro atoms. The van der Waals surface area contributed by atoms with Crippen LogP contribution in [-0.4, -0.2) is 45.1 Å². The van der Waals surface area contributed by atoms with Crippen LogP contribution in [0.25, 0.3) is 0 Å². The maximum absolute atomic E-state index is 11.7. The standard InChI is InChI=1S/C12H27N.C7H13F3O3S/c1-4-7-10-13(11-8-5-2)12-9-6-3;1-2-3-4-5-6-13-14(11,12)7(8,9)10/h4-12H2,1-3H3;2-6H2,1H3. The molecule has 0 aromatic rings. The van der Waals surface area contributed by atoms with Crippen molar-refractivity contribution >= 4 is 10.1 Å². The van der Waals surface area contributed by atoms with E-state index in [0.29, 0.717) is 12.8 Å². The molecule has 0 unspecified atom stereocenters. The Kier molecular flexibility index (Phi) is 19.0. The second-order valence-electron chi connectivity index (χ2n) is 6.68. The third-order valence-electron chi connectivity index (χ3n) is 4.00. The highest BCUT2D eigenvalue weighted by Gasteiger charge is 2.47. The van der Waals surface area contributed by atoms with E-state index in [1.54, 1.807) is 0 Å². The second-order valence-corrected chi connectivity index (χ2v) is 8.29. The maximum atomic E-state index is 11.7. The number of rotatable bonds is 15. The summed E-state index contributed by atoms with van der Waals surface area (Å²) in [7, 11) is -5.38. The first-order valence-electron chi connectivity index (χ1n) is 10.3. The number of halogens is 3. The van der Waals surface area contributed by atoms with E-state index in [9.17, 15) is 21.6 Å². The van der Waals surface area contributed by atoms with Crippen molar-refractivity contribution in [2.24, 2.45) is 0 Å². The predicted octanol–water partition coefficient (Wildman–Crippen LogP) is 6.12. The largest absolute Gasteiger partial charge is 0.523 e. The van der Waals surface area contributed by atoms with Crippen molar-refractivity contribution in [2.75, 3.05) is 26.2 Å². The summed E-state index contributed by atoms with van der Waals surface area (Å²) < 4.78 is 59.6. The predicted molar refractivity (Wildman–Crippen MR) is 106 cm³/mol. The van der Waals surface area contributed by atoms with Gasteiger partial charge in [-0.1, -0.05) is 66.2 Å². The average Bonchev–Trinajstić information content (AvgIpc) is 2.60. The summed E-state index contributed by atoms with van der Waals surface area (Å²) in [6.07, 6.45) is 10.9. The Bertz CT molecular complexity index is 396. The molecule has 27 heavy (non-hydrogen) atoms. The van der Waals surface area contributed by atoms with Gasteiger partial charge >= 0.3 is 15.6 Å². The van der Waals surface area contributed by atoms with Gasteiger partial charge in [-0.15, -0.1) is 0 Å². The monoisotopic (exact) mass is 419 g/mol. The molecule has 0 bridgehead atoms. The Morgan fingerprint density at radius 1 is 0.704 bits per heavy atom. The van der Waals surface area contributed by atoms with E-state index >= 15 is 0 Å². The summed E-state index contributed by atoms with van der Waals surface area (Å²) in [6, 6.07) is 0. The summed E-state index contributed by atoms with van der Waals surface area (Å²) in [5.74, 6) is 0. The maximum Gasteiger partial charge on any atom is 0.523 e. The van der Waals surface area contributed by atoms with Crippen LogP contribution in [0, 0.1) is 0 Å². The number of nitrogens with zero attached hydrogens (tertiary/aromatic N) is 1. The summed E-state index contributed by atoms with van der Waals surface area (Å²) in [6.45, 7) is 12.3. The Balaban J connectivity index is 0. The van der Waals surface area contributed by atoms with E-state index in [2.05, 4.69) is 29.9 Å². The first kappa shape index (κ1) is 28.9. The van der Waals surface area contributed by atoms with Gasteiger partial charge in [-0.05, 0) is 45.3 Å². The molecule has 0 rings (SSSR count). The fourth-order valence-electron chi connectivity index (χ4n) is 2.24. The highest BCUT2D eigenvalue weighted by Crippen LogP contribution is 2.24. The van der Waals surface area contributed by atoms with Crippen molar-refractivity contribution in [1.82, 2.24) is 4.90 Å². The SMILES string of the molecule is CCCCCCOS(=O)(=O)C(F)(F)F.CCCCN(CCCC)CCCC. The molecule has 0 fully saturated rings. The van der Waals surface area contributed by atoms with Crippen LogP contribution >= 0.6 is 0 Å². The molecule has 0 atom stereocenters. The molecular formula is C19H40F3NO3S. The zero-order chi connectivity index (χ0) is 21.2. The Morgan fingerprint density at radius 3 is 1.44 bits per heavy atom. The molecule has 0 aliphatic heterocycles. The Morgan fingerprint density at radius 2 is 1.11 bits per heavy atom. The molecule has 4 nitrogen and oxygen atoms in total. The third-order valence-corrected chi connectivity index (χ3v) is 5.05. The van der Waals surface area contributed by atoms with Gasteiger partial charge in [0.05, 0.1) is 6.61 Å². The fraction of sp³-hybridized carbons (Fsp3) is 1.00. The molecule has 0 N–H and O–H groups in total. The van der Waals surface area contributed by atoms with Crippen molar-refractivity contribution in [1.29, 1.82) is 0 Å². The van der Waals surface area contributed by atoms with Crippen molar-refractivity contribution in [3.63, 3.8) is 0 Å². The van der Waals surface area contributed by atoms with Gasteiger partial charge in [-0.2, -0.15) is 21.6 Å². The van der Waals surface area contributed by atoms with E-state index in [0.717, 1.165) is 12.8 Å². The van der Waals surface area contributed by atoms with Crippen molar-refractivity contribution in [3.8, 4) is 0 Å². The lowest BCUT2D eigenvalue weighted by atomic mass is 10.2. The van der Waals surface area contributed by atoms with Gasteiger partial charge in [0, 0.05) is 0 Å². The van der Waals surface area contributed by atoms with Gasteiger partial charge in [0.1, 0.15) is 0 Å². The highest BCUT2D eigenvalue weighted by atomic mass is 32.2. The van der Waals surface area contributed by atoms with Crippen molar-refractivity contribution in [2.45, 2.75) is 97.4 Å². The molecule has 8 heteroatoms. The van der Waals surface area contributed by atoms with E-state index in [1.807, 2.05) is 6.92 Å². The van der Waals surface area contributed by atoms with Gasteiger partial charge in [-0.25, -0.2) is 0 Å². The zero-order valence-corrected chi connectivity index (χ0v) is 18.4. The number of hydrogen-bond acceptors (Lipinski definition) is 4. The van der Waals surface area contributed by atoms with Gasteiger partial charge < -0.3 is 4.90 Å². The molecular weight excluding hydrogens is 379 g/mol. The van der Waals surface area contributed by atoms with Crippen LogP contribution in [0.4, 0.5) is 13.2 Å². The van der Waals surface area contributed by atoms with Crippen LogP contribution in [0.5, 0.6) is 0 Å². The molecule has 0 saturated heterocycles. The zero-order valence-electron chi connectivity index (χ0n) is 17.6. The van der Waals surface area contributed by atoms with Gasteiger partial charge in [-0.3, -0.25) is 4.18 Å². The van der Waals surface area contributed by atoms with Gasteiger partial charge in [0.25, 0.3) is 0 Å². The molecule has 0 aliphatic carbocycles. The Labute approximate surface area is 165 Å². The molecule has 0 aromatic carbocycles. The van der Waals surface area contributed by atoms with Crippen LogP contribution in [0.2, 0.25) is 0 Å². The smallest absolute Gasteiger partial charge is 0.303 e. The van der Waals surface area contributed by atoms with E-state index in [1.165, 1.54) is 58.2 Å². The second kappa shape index (κ2) is 17.7. The normalized spacial score (nSPS) is 12.1. The number of hydrogen-bond donors (Lipinski definition) is 0. The van der Waals surface area contributed by atoms with E-state index in [-0.39, 0.29) is 0 Å². The number of alkyl halides is 3. The topological polar surface area (TPSA) is 46.6 Å². The lowest BCUT2D eigenvalue weighted by molar-refractivity contribution is -0.0542. The molecule has 0 aromatic heterocycles. The molecule has 166 valence electrons. The first-order chi connectivity index (χ1) is 12.7. The van der Waals surface area contributed by atoms with Crippen LogP contribution in [0.3, 0.4) is 0 Å². The quantitative estimate of drug-likeness (QED) is 0.182. The van der Waals surface area contributed by atoms with Crippen molar-refractivity contribution < 1.29 is 25.8 Å². The summed E-state index contributed by atoms with van der Waals surface area (Å²) in [5.41, 5.74) is -5.31. The minimum atomic E-state index is -5.38. The summed E-state index contributed by atoms with van der Waals surface area (Å²) in [4.78, 5) is 2.64. The lowest BCUT2D eigenvalue weighted by Gasteiger charge is -2.21. The molecule has 0 radical (unpaired) electrons. The van der Waals surface area contributed by atoms with Crippen LogP contribution < -0.4 is 0 Å². The minimum absolute atomic E-state index is 0.323. The number of unbranched alkanes of at least 4 members (excludes halogenated alkanes) is 6. The Hall–Kier alpha value is -0.340. The van der Waals surface area contributed by atoms with Gasteiger partial charge in [0.15, 0.2) is 0 Å². The fourth-order valence-corrected chi connectivity index (χ4v) is 2.72. The molecule has 0 aliphatic rings. The van der Waals surface area contributed by atoms with Crippen LogP contribution in [0.15, 0.2) is 0 Å². The van der Waals surface area contributed by atoms with Crippen LogP contribution in [-0.2, 0) is 14.3 Å². The summed E-state index contributed by atoms with van der Waals surface area (Å²) >= 11 is 0. The molecule has 0 saturated carbocycles. The summed E-state index contributed by atoms with van der Waals surface area (Å²) in [5, 5.41) is 0. The third kappa shape index (κ3) is 17.5. The van der Waals surface area contributed by atoms with Gasteiger partial charge in [0.2, 0.25) is 0 Å². The van der Waals surface area contributed by atoms with Crippen LogP contribution in [0.1, 0.15) is 91.9 Å². The minimum Gasteiger partial charge on any atom is -0.303 e. The average molecular weight is 420 g/mol. The highest BCUT2D eigenvalue weighted by molar-refractivity contribution is 7.87.